The Morgan fingerprint density at radius 2 is 1.18 bits per heavy atom. The van der Waals surface area contributed by atoms with Gasteiger partial charge in [0.05, 0.1) is 6.21 Å². The summed E-state index contributed by atoms with van der Waals surface area (Å²) in [5.41, 5.74) is 6.91. The molecule has 1 aliphatic heterocycles. The van der Waals surface area contributed by atoms with E-state index < -0.39 is 0 Å². The Labute approximate surface area is 229 Å². The van der Waals surface area contributed by atoms with Crippen molar-refractivity contribution in [1.82, 2.24) is 15.2 Å². The van der Waals surface area contributed by atoms with Gasteiger partial charge in [-0.25, -0.2) is 5.43 Å². The molecule has 5 heteroatoms. The number of hydrogen-bond donors (Lipinski definition) is 1. The fourth-order valence-electron chi connectivity index (χ4n) is 5.37. The van der Waals surface area contributed by atoms with Crippen molar-refractivity contribution >= 4 is 33.7 Å². The third kappa shape index (κ3) is 5.90. The van der Waals surface area contributed by atoms with Gasteiger partial charge < -0.3 is 0 Å². The molecule has 5 aromatic carbocycles. The highest BCUT2D eigenvalue weighted by atomic mass is 16.2. The highest BCUT2D eigenvalue weighted by Gasteiger charge is 2.17. The van der Waals surface area contributed by atoms with Gasteiger partial charge in [0.2, 0.25) is 0 Å². The van der Waals surface area contributed by atoms with Crippen LogP contribution in [0.5, 0.6) is 0 Å². The zero-order chi connectivity index (χ0) is 26.4. The second kappa shape index (κ2) is 11.6. The Hall–Kier alpha value is -4.32. The minimum Gasteiger partial charge on any atom is -0.297 e. The van der Waals surface area contributed by atoms with E-state index in [4.69, 9.17) is 0 Å². The molecule has 0 saturated carbocycles. The molecule has 5 nitrogen and oxygen atoms in total. The predicted molar refractivity (Wildman–Crippen MR) is 160 cm³/mol. The molecule has 1 aliphatic rings. The van der Waals surface area contributed by atoms with Gasteiger partial charge in [-0.2, -0.15) is 5.10 Å². The quantitative estimate of drug-likeness (QED) is 0.163. The molecule has 1 amide bonds. The van der Waals surface area contributed by atoms with E-state index in [0.29, 0.717) is 5.56 Å². The minimum atomic E-state index is -0.211. The molecule has 1 fully saturated rings. The van der Waals surface area contributed by atoms with Crippen molar-refractivity contribution in [2.75, 3.05) is 26.2 Å². The Morgan fingerprint density at radius 3 is 1.77 bits per heavy atom. The standard InChI is InChI=1S/C34H32N4O/c39-34(36-35-23-33-31-12-6-4-10-29(31)22-30-11-5-7-13-32(30)33)28-16-14-27(15-17-28)25-38-20-18-37(19-21-38)24-26-8-2-1-3-9-26/h1-17,22-23H,18-21,24-25H2,(H,36,39)/b35-23+. The van der Waals surface area contributed by atoms with Gasteiger partial charge in [-0.05, 0) is 50.9 Å². The summed E-state index contributed by atoms with van der Waals surface area (Å²) in [5, 5.41) is 8.86. The fraction of sp³-hybridized carbons (Fsp3) is 0.176. The minimum absolute atomic E-state index is 0.211. The Kier molecular flexibility index (Phi) is 7.43. The number of hydrogen-bond acceptors (Lipinski definition) is 4. The number of carbonyl (C=O) groups is 1. The van der Waals surface area contributed by atoms with Crippen LogP contribution in [0.3, 0.4) is 0 Å². The van der Waals surface area contributed by atoms with Gasteiger partial charge >= 0.3 is 0 Å². The van der Waals surface area contributed by atoms with Gasteiger partial charge in [-0.3, -0.25) is 14.6 Å². The van der Waals surface area contributed by atoms with Crippen LogP contribution in [0.1, 0.15) is 27.0 Å². The molecular formula is C34H32N4O. The van der Waals surface area contributed by atoms with E-state index in [-0.39, 0.29) is 5.91 Å². The first kappa shape index (κ1) is 25.0. The second-order valence-corrected chi connectivity index (χ2v) is 10.2. The summed E-state index contributed by atoms with van der Waals surface area (Å²) < 4.78 is 0. The summed E-state index contributed by atoms with van der Waals surface area (Å²) >= 11 is 0. The molecular weight excluding hydrogens is 480 g/mol. The molecule has 6 rings (SSSR count). The van der Waals surface area contributed by atoms with Crippen LogP contribution in [0.2, 0.25) is 0 Å². The first-order valence-corrected chi connectivity index (χ1v) is 13.5. The molecule has 0 unspecified atom stereocenters. The highest BCUT2D eigenvalue weighted by molar-refractivity contribution is 6.13. The lowest BCUT2D eigenvalue weighted by Gasteiger charge is -2.34. The van der Waals surface area contributed by atoms with Crippen molar-refractivity contribution in [3.63, 3.8) is 0 Å². The summed E-state index contributed by atoms with van der Waals surface area (Å²) in [7, 11) is 0. The zero-order valence-electron chi connectivity index (χ0n) is 22.0. The van der Waals surface area contributed by atoms with Crippen LogP contribution >= 0.6 is 0 Å². The molecule has 39 heavy (non-hydrogen) atoms. The number of nitrogens with zero attached hydrogens (tertiary/aromatic N) is 3. The molecule has 5 aromatic rings. The van der Waals surface area contributed by atoms with Crippen molar-refractivity contribution in [2.24, 2.45) is 5.10 Å². The second-order valence-electron chi connectivity index (χ2n) is 10.2. The number of piperazine rings is 1. The van der Waals surface area contributed by atoms with Crippen molar-refractivity contribution in [3.8, 4) is 0 Å². The Bertz CT molecular complexity index is 1550. The SMILES string of the molecule is O=C(N/N=C/c1c2ccccc2cc2ccccc12)c1ccc(CN2CCN(Cc3ccccc3)CC2)cc1. The van der Waals surface area contributed by atoms with Crippen molar-refractivity contribution in [2.45, 2.75) is 13.1 Å². The van der Waals surface area contributed by atoms with Crippen LogP contribution in [0.4, 0.5) is 0 Å². The first-order valence-electron chi connectivity index (χ1n) is 13.5. The van der Waals surface area contributed by atoms with Gasteiger partial charge in [0.15, 0.2) is 0 Å². The summed E-state index contributed by atoms with van der Waals surface area (Å²) in [5.74, 6) is -0.211. The third-order valence-electron chi connectivity index (χ3n) is 7.51. The maximum absolute atomic E-state index is 12.8. The van der Waals surface area contributed by atoms with E-state index in [2.05, 4.69) is 81.0 Å². The molecule has 0 bridgehead atoms. The van der Waals surface area contributed by atoms with Crippen molar-refractivity contribution in [1.29, 1.82) is 0 Å². The molecule has 194 valence electrons. The lowest BCUT2D eigenvalue weighted by atomic mass is 9.97. The van der Waals surface area contributed by atoms with Crippen molar-refractivity contribution in [3.05, 3.63) is 131 Å². The van der Waals surface area contributed by atoms with Gasteiger partial charge in [0.25, 0.3) is 5.91 Å². The van der Waals surface area contributed by atoms with Gasteiger partial charge in [-0.1, -0.05) is 91.0 Å². The third-order valence-corrected chi connectivity index (χ3v) is 7.51. The van der Waals surface area contributed by atoms with Crippen LogP contribution in [0.25, 0.3) is 21.5 Å². The molecule has 1 N–H and O–H groups in total. The number of amides is 1. The summed E-state index contributed by atoms with van der Waals surface area (Å²) in [4.78, 5) is 17.8. The molecule has 0 atom stereocenters. The van der Waals surface area contributed by atoms with Crippen molar-refractivity contribution < 1.29 is 4.79 Å². The zero-order valence-corrected chi connectivity index (χ0v) is 22.0. The van der Waals surface area contributed by atoms with Gasteiger partial charge in [0, 0.05) is 50.4 Å². The van der Waals surface area contributed by atoms with Gasteiger partial charge in [0.1, 0.15) is 0 Å². The van der Waals surface area contributed by atoms with E-state index in [0.717, 1.165) is 66.4 Å². The van der Waals surface area contributed by atoms with Crippen LogP contribution in [-0.2, 0) is 13.1 Å². The lowest BCUT2D eigenvalue weighted by Crippen LogP contribution is -2.45. The summed E-state index contributed by atoms with van der Waals surface area (Å²) in [6.07, 6.45) is 1.76. The maximum Gasteiger partial charge on any atom is 0.271 e. The average molecular weight is 513 g/mol. The first-order chi connectivity index (χ1) is 19.2. The summed E-state index contributed by atoms with van der Waals surface area (Å²) in [6, 6.07) is 37.2. The molecule has 0 spiro atoms. The normalized spacial score (nSPS) is 14.8. The van der Waals surface area contributed by atoms with E-state index in [1.54, 1.807) is 6.21 Å². The van der Waals surface area contributed by atoms with Gasteiger partial charge in [-0.15, -0.1) is 0 Å². The maximum atomic E-state index is 12.8. The predicted octanol–water partition coefficient (Wildman–Crippen LogP) is 6.07. The smallest absolute Gasteiger partial charge is 0.271 e. The van der Waals surface area contributed by atoms with Crippen LogP contribution in [0.15, 0.2) is 114 Å². The number of benzene rings is 5. The summed E-state index contributed by atoms with van der Waals surface area (Å²) in [6.45, 7) is 6.14. The monoisotopic (exact) mass is 512 g/mol. The van der Waals surface area contributed by atoms with Crippen LogP contribution in [-0.4, -0.2) is 48.1 Å². The van der Waals surface area contributed by atoms with E-state index in [1.807, 2.05) is 48.5 Å². The lowest BCUT2D eigenvalue weighted by molar-refractivity contribution is 0.0955. The number of fused-ring (bicyclic) bond motifs is 2. The van der Waals surface area contributed by atoms with Crippen LogP contribution < -0.4 is 5.43 Å². The number of rotatable bonds is 7. The van der Waals surface area contributed by atoms with E-state index in [9.17, 15) is 4.79 Å². The Morgan fingerprint density at radius 1 is 0.667 bits per heavy atom. The largest absolute Gasteiger partial charge is 0.297 e. The van der Waals surface area contributed by atoms with E-state index in [1.165, 1.54) is 11.1 Å². The van der Waals surface area contributed by atoms with Crippen LogP contribution in [0, 0.1) is 0 Å². The topological polar surface area (TPSA) is 47.9 Å². The molecule has 0 aliphatic carbocycles. The fourth-order valence-corrected chi connectivity index (χ4v) is 5.37. The molecule has 1 saturated heterocycles. The van der Waals surface area contributed by atoms with E-state index >= 15 is 0 Å². The Balaban J connectivity index is 1.05. The molecule has 0 aromatic heterocycles. The molecule has 1 heterocycles. The number of carbonyl (C=O) groups excluding carboxylic acids is 1. The molecule has 0 radical (unpaired) electrons. The average Bonchev–Trinajstić information content (AvgIpc) is 2.98. The number of nitrogens with one attached hydrogen (secondary N) is 1. The number of hydrazone groups is 1. The highest BCUT2D eigenvalue weighted by Crippen LogP contribution is 2.27.